The molecule has 2 rings (SSSR count). The number of hydrogen-bond donors (Lipinski definition) is 1. The molecule has 1 aromatic rings. The Bertz CT molecular complexity index is 642. The van der Waals surface area contributed by atoms with Gasteiger partial charge in [-0.3, -0.25) is 9.48 Å². The van der Waals surface area contributed by atoms with Gasteiger partial charge in [0.2, 0.25) is 0 Å². The molecule has 10 heteroatoms. The second kappa shape index (κ2) is 7.32. The van der Waals surface area contributed by atoms with Crippen molar-refractivity contribution in [2.45, 2.75) is 51.9 Å². The van der Waals surface area contributed by atoms with Crippen molar-refractivity contribution >= 4 is 12.0 Å². The molecule has 140 valence electrons. The van der Waals surface area contributed by atoms with Gasteiger partial charge in [0.15, 0.2) is 0 Å². The molecule has 1 aliphatic heterocycles. The van der Waals surface area contributed by atoms with Crippen LogP contribution in [0.3, 0.4) is 0 Å². The van der Waals surface area contributed by atoms with Gasteiger partial charge in [0, 0.05) is 6.54 Å². The van der Waals surface area contributed by atoms with E-state index in [2.05, 4.69) is 5.10 Å². The number of hydrogen-bond acceptors (Lipinski definition) is 4. The number of halogens is 3. The maximum atomic E-state index is 12.6. The summed E-state index contributed by atoms with van der Waals surface area (Å²) in [6.45, 7) is 4.56. The van der Waals surface area contributed by atoms with Crippen molar-refractivity contribution in [2.75, 3.05) is 13.2 Å². The second-order valence-electron chi connectivity index (χ2n) is 6.70. The van der Waals surface area contributed by atoms with E-state index in [0.29, 0.717) is 18.8 Å². The highest BCUT2D eigenvalue weighted by Gasteiger charge is 2.31. The molecule has 1 atom stereocenters. The minimum absolute atomic E-state index is 0.0346. The Morgan fingerprint density at radius 3 is 2.60 bits per heavy atom. The summed E-state index contributed by atoms with van der Waals surface area (Å²) in [7, 11) is 0. The van der Waals surface area contributed by atoms with E-state index in [-0.39, 0.29) is 12.1 Å². The number of carbonyl (C=O) groups is 2. The molecule has 0 aromatic carbocycles. The molecule has 1 aliphatic rings. The highest BCUT2D eigenvalue weighted by Crippen LogP contribution is 2.19. The number of nitrogens with zero attached hydrogens (tertiary/aromatic N) is 3. The van der Waals surface area contributed by atoms with E-state index in [4.69, 9.17) is 4.74 Å². The molecule has 0 fully saturated rings. The van der Waals surface area contributed by atoms with Crippen LogP contribution >= 0.6 is 0 Å². The highest BCUT2D eigenvalue weighted by molar-refractivity contribution is 5.95. The third-order valence-electron chi connectivity index (χ3n) is 3.55. The molecular formula is C15H21F3N4O3. The van der Waals surface area contributed by atoms with Gasteiger partial charge < -0.3 is 15.0 Å². The molecule has 7 nitrogen and oxygen atoms in total. The average molecular weight is 362 g/mol. The predicted octanol–water partition coefficient (Wildman–Crippen LogP) is 1.97. The fourth-order valence-corrected chi connectivity index (χ4v) is 2.33. The van der Waals surface area contributed by atoms with Gasteiger partial charge in [0.05, 0.1) is 30.5 Å². The van der Waals surface area contributed by atoms with Crippen molar-refractivity contribution in [3.63, 3.8) is 0 Å². The van der Waals surface area contributed by atoms with Crippen LogP contribution in [0.2, 0.25) is 0 Å². The van der Waals surface area contributed by atoms with Gasteiger partial charge in [-0.15, -0.1) is 0 Å². The molecule has 0 spiro atoms. The van der Waals surface area contributed by atoms with Crippen LogP contribution < -0.4 is 5.32 Å². The summed E-state index contributed by atoms with van der Waals surface area (Å²) in [5, 5.41) is 5.97. The highest BCUT2D eigenvalue weighted by atomic mass is 19.3. The maximum Gasteiger partial charge on any atom is 0.410 e. The summed E-state index contributed by atoms with van der Waals surface area (Å²) in [5.41, 5.74) is -0.241. The van der Waals surface area contributed by atoms with Gasteiger partial charge in [-0.1, -0.05) is 0 Å². The molecule has 0 unspecified atom stereocenters. The molecule has 0 saturated carbocycles. The van der Waals surface area contributed by atoms with Crippen LogP contribution in [0, 0.1) is 0 Å². The minimum atomic E-state index is -3.02. The Balaban J connectivity index is 2.13. The maximum absolute atomic E-state index is 12.6. The number of amides is 2. The number of ether oxygens (including phenoxy) is 1. The zero-order valence-electron chi connectivity index (χ0n) is 14.3. The number of carbonyl (C=O) groups excluding carboxylic acids is 2. The van der Waals surface area contributed by atoms with Gasteiger partial charge in [-0.2, -0.15) is 5.10 Å². The molecule has 0 radical (unpaired) electrons. The third-order valence-corrected chi connectivity index (χ3v) is 3.55. The fraction of sp³-hybridized carbons (Fsp3) is 0.667. The Kier molecular flexibility index (Phi) is 5.58. The minimum Gasteiger partial charge on any atom is -0.444 e. The molecule has 0 bridgehead atoms. The van der Waals surface area contributed by atoms with Crippen LogP contribution in [0.4, 0.5) is 18.0 Å². The Hall–Kier alpha value is -2.26. The second-order valence-corrected chi connectivity index (χ2v) is 6.70. The molecule has 0 aliphatic carbocycles. The molecule has 2 amide bonds. The van der Waals surface area contributed by atoms with Crippen LogP contribution in [0.5, 0.6) is 0 Å². The van der Waals surface area contributed by atoms with Gasteiger partial charge in [0.1, 0.15) is 18.3 Å². The predicted molar refractivity (Wildman–Crippen MR) is 82.1 cm³/mol. The third kappa shape index (κ3) is 4.64. The normalized spacial score (nSPS) is 15.7. The smallest absolute Gasteiger partial charge is 0.410 e. The topological polar surface area (TPSA) is 76.5 Å². The van der Waals surface area contributed by atoms with Gasteiger partial charge >= 0.3 is 6.09 Å². The lowest BCUT2D eigenvalue weighted by atomic mass is 10.1. The first-order valence-electron chi connectivity index (χ1n) is 7.80. The first kappa shape index (κ1) is 19.1. The molecule has 1 aromatic heterocycles. The van der Waals surface area contributed by atoms with E-state index in [9.17, 15) is 22.8 Å². The fourth-order valence-electron chi connectivity index (χ4n) is 2.33. The van der Waals surface area contributed by atoms with Crippen LogP contribution in [0.1, 0.15) is 36.8 Å². The summed E-state index contributed by atoms with van der Waals surface area (Å²) in [4.78, 5) is 25.7. The zero-order chi connectivity index (χ0) is 18.8. The number of aromatic nitrogens is 2. The van der Waals surface area contributed by atoms with Gasteiger partial charge in [0.25, 0.3) is 12.3 Å². The van der Waals surface area contributed by atoms with E-state index < -0.39 is 36.7 Å². The quantitative estimate of drug-likeness (QED) is 0.888. The number of alkyl halides is 3. The van der Waals surface area contributed by atoms with E-state index >= 15 is 0 Å². The Labute approximate surface area is 143 Å². The van der Waals surface area contributed by atoms with E-state index in [0.717, 1.165) is 0 Å². The number of nitrogens with one attached hydrogen (secondary N) is 1. The van der Waals surface area contributed by atoms with Crippen LogP contribution in [0.25, 0.3) is 0 Å². The lowest BCUT2D eigenvalue weighted by Crippen LogP contribution is -2.44. The van der Waals surface area contributed by atoms with Crippen LogP contribution in [0.15, 0.2) is 6.20 Å². The van der Waals surface area contributed by atoms with Crippen molar-refractivity contribution in [3.05, 3.63) is 17.5 Å². The Morgan fingerprint density at radius 2 is 2.04 bits per heavy atom. The van der Waals surface area contributed by atoms with E-state index in [1.807, 2.05) is 5.32 Å². The van der Waals surface area contributed by atoms with Crippen LogP contribution in [-0.4, -0.2) is 58.0 Å². The van der Waals surface area contributed by atoms with E-state index in [1.165, 1.54) is 15.8 Å². The SMILES string of the molecule is CC(C)(C)OC(=O)N1CCn2ncc(C(=O)N[C@H](CF)C(F)F)c2C1. The van der Waals surface area contributed by atoms with Gasteiger partial charge in [-0.25, -0.2) is 18.0 Å². The van der Waals surface area contributed by atoms with Crippen molar-refractivity contribution in [3.8, 4) is 0 Å². The molecular weight excluding hydrogens is 341 g/mol. The standard InChI is InChI=1S/C15H21F3N4O3/c1-15(2,3)25-14(24)21-4-5-22-11(8-21)9(7-19-22)13(23)20-10(6-16)12(17)18/h7,10,12H,4-6,8H2,1-3H3,(H,20,23)/t10-/m1/s1. The number of fused-ring (bicyclic) bond motifs is 1. The molecule has 25 heavy (non-hydrogen) atoms. The molecule has 0 saturated heterocycles. The molecule has 1 N–H and O–H groups in total. The van der Waals surface area contributed by atoms with E-state index in [1.54, 1.807) is 20.8 Å². The van der Waals surface area contributed by atoms with Crippen molar-refractivity contribution in [2.24, 2.45) is 0 Å². The zero-order valence-corrected chi connectivity index (χ0v) is 14.3. The summed E-state index contributed by atoms with van der Waals surface area (Å²) in [5.74, 6) is -0.852. The van der Waals surface area contributed by atoms with Crippen molar-refractivity contribution in [1.29, 1.82) is 0 Å². The monoisotopic (exact) mass is 362 g/mol. The lowest BCUT2D eigenvalue weighted by Gasteiger charge is -2.30. The number of rotatable bonds is 4. The van der Waals surface area contributed by atoms with Crippen LogP contribution in [-0.2, 0) is 17.8 Å². The van der Waals surface area contributed by atoms with Gasteiger partial charge in [-0.05, 0) is 20.8 Å². The summed E-state index contributed by atoms with van der Waals surface area (Å²) in [6, 6.07) is -1.88. The first-order valence-corrected chi connectivity index (χ1v) is 7.80. The largest absolute Gasteiger partial charge is 0.444 e. The molecule has 2 heterocycles. The lowest BCUT2D eigenvalue weighted by molar-refractivity contribution is 0.0193. The average Bonchev–Trinajstić information content (AvgIpc) is 2.93. The van der Waals surface area contributed by atoms with Crippen molar-refractivity contribution < 1.29 is 27.5 Å². The van der Waals surface area contributed by atoms with Crippen molar-refractivity contribution in [1.82, 2.24) is 20.0 Å². The summed E-state index contributed by atoms with van der Waals surface area (Å²) < 4.78 is 44.6. The first-order chi connectivity index (χ1) is 11.6. The Morgan fingerprint density at radius 1 is 1.36 bits per heavy atom. The summed E-state index contributed by atoms with van der Waals surface area (Å²) in [6.07, 6.45) is -2.33. The summed E-state index contributed by atoms with van der Waals surface area (Å²) >= 11 is 0.